The minimum Gasteiger partial charge on any atom is -0.392 e. The van der Waals surface area contributed by atoms with E-state index in [1.165, 1.54) is 5.56 Å². The van der Waals surface area contributed by atoms with E-state index in [4.69, 9.17) is 16.7 Å². The smallest absolute Gasteiger partial charge is 0.0636 e. The van der Waals surface area contributed by atoms with Gasteiger partial charge in [0.15, 0.2) is 0 Å². The van der Waals surface area contributed by atoms with Gasteiger partial charge in [0.1, 0.15) is 0 Å². The molecule has 0 saturated carbocycles. The van der Waals surface area contributed by atoms with Gasteiger partial charge < -0.3 is 15.7 Å². The van der Waals surface area contributed by atoms with Crippen LogP contribution in [0.1, 0.15) is 12.5 Å². The van der Waals surface area contributed by atoms with Gasteiger partial charge in [0.2, 0.25) is 0 Å². The Labute approximate surface area is 102 Å². The largest absolute Gasteiger partial charge is 0.392 e. The predicted molar refractivity (Wildman–Crippen MR) is 67.7 cm³/mol. The molecule has 0 heterocycles. The van der Waals surface area contributed by atoms with Gasteiger partial charge >= 0.3 is 0 Å². The van der Waals surface area contributed by atoms with E-state index in [0.717, 1.165) is 24.7 Å². The average Bonchev–Trinajstić information content (AvgIpc) is 2.23. The van der Waals surface area contributed by atoms with Crippen molar-refractivity contribution < 1.29 is 5.11 Å². The molecule has 0 aliphatic rings. The van der Waals surface area contributed by atoms with Crippen molar-refractivity contribution in [3.63, 3.8) is 0 Å². The van der Waals surface area contributed by atoms with E-state index in [2.05, 4.69) is 10.6 Å². The van der Waals surface area contributed by atoms with Crippen LogP contribution in [0.4, 0.5) is 0 Å². The molecule has 3 N–H and O–H groups in total. The van der Waals surface area contributed by atoms with Crippen LogP contribution >= 0.6 is 11.6 Å². The Hall–Kier alpha value is -0.610. The summed E-state index contributed by atoms with van der Waals surface area (Å²) in [5, 5.41) is 16.2. The normalized spacial score (nSPS) is 12.7. The molecule has 90 valence electrons. The summed E-state index contributed by atoms with van der Waals surface area (Å²) in [5.74, 6) is 0. The lowest BCUT2D eigenvalue weighted by Gasteiger charge is -2.08. The number of halogens is 1. The molecule has 0 radical (unpaired) electrons. The number of aliphatic hydroxyl groups is 1. The van der Waals surface area contributed by atoms with Crippen LogP contribution in [0.25, 0.3) is 0 Å². The first-order chi connectivity index (χ1) is 7.68. The third kappa shape index (κ3) is 6.08. The SMILES string of the molecule is C[C@H](O)CNCCNCc1cccc(Cl)c1. The predicted octanol–water partition coefficient (Wildman–Crippen LogP) is 1.40. The van der Waals surface area contributed by atoms with Gasteiger partial charge in [0.25, 0.3) is 0 Å². The second kappa shape index (κ2) is 7.63. The zero-order valence-electron chi connectivity index (χ0n) is 9.54. The first-order valence-corrected chi connectivity index (χ1v) is 5.90. The Morgan fingerprint density at radius 2 is 2.06 bits per heavy atom. The molecule has 0 amide bonds. The monoisotopic (exact) mass is 242 g/mol. The summed E-state index contributed by atoms with van der Waals surface area (Å²) < 4.78 is 0. The minimum atomic E-state index is -0.284. The van der Waals surface area contributed by atoms with Crippen LogP contribution in [-0.4, -0.2) is 30.8 Å². The average molecular weight is 243 g/mol. The number of hydrogen-bond donors (Lipinski definition) is 3. The zero-order valence-corrected chi connectivity index (χ0v) is 10.3. The van der Waals surface area contributed by atoms with Crippen LogP contribution in [-0.2, 0) is 6.54 Å². The molecular formula is C12H19ClN2O. The van der Waals surface area contributed by atoms with Crippen molar-refractivity contribution in [3.05, 3.63) is 34.9 Å². The third-order valence-electron chi connectivity index (χ3n) is 2.14. The molecule has 0 bridgehead atoms. The fourth-order valence-electron chi connectivity index (χ4n) is 1.37. The van der Waals surface area contributed by atoms with Crippen molar-refractivity contribution in [2.45, 2.75) is 19.6 Å². The Balaban J connectivity index is 2.07. The standard InChI is InChI=1S/C12H19ClN2O/c1-10(16)8-14-5-6-15-9-11-3-2-4-12(13)7-11/h2-4,7,10,14-16H,5-6,8-9H2,1H3/t10-/m0/s1. The Morgan fingerprint density at radius 3 is 2.75 bits per heavy atom. The van der Waals surface area contributed by atoms with Crippen LogP contribution in [0.5, 0.6) is 0 Å². The highest BCUT2D eigenvalue weighted by Gasteiger charge is 1.95. The molecule has 1 aromatic carbocycles. The highest BCUT2D eigenvalue weighted by atomic mass is 35.5. The molecule has 0 spiro atoms. The first-order valence-electron chi connectivity index (χ1n) is 5.52. The van der Waals surface area contributed by atoms with Gasteiger partial charge in [0.05, 0.1) is 6.10 Å². The number of hydrogen-bond acceptors (Lipinski definition) is 3. The minimum absolute atomic E-state index is 0.284. The lowest BCUT2D eigenvalue weighted by Crippen LogP contribution is -2.31. The summed E-state index contributed by atoms with van der Waals surface area (Å²) in [6.07, 6.45) is -0.284. The van der Waals surface area contributed by atoms with Gasteiger partial charge in [0, 0.05) is 31.2 Å². The van der Waals surface area contributed by atoms with Gasteiger partial charge in [-0.1, -0.05) is 23.7 Å². The Bertz CT molecular complexity index is 305. The maximum absolute atomic E-state index is 9.02. The molecule has 0 aliphatic heterocycles. The van der Waals surface area contributed by atoms with Gasteiger partial charge in [-0.25, -0.2) is 0 Å². The van der Waals surface area contributed by atoms with Crippen LogP contribution in [0.2, 0.25) is 5.02 Å². The molecule has 0 saturated heterocycles. The van der Waals surface area contributed by atoms with E-state index in [-0.39, 0.29) is 6.10 Å². The van der Waals surface area contributed by atoms with Crippen molar-refractivity contribution in [2.24, 2.45) is 0 Å². The van der Waals surface area contributed by atoms with E-state index < -0.39 is 0 Å². The highest BCUT2D eigenvalue weighted by molar-refractivity contribution is 6.30. The van der Waals surface area contributed by atoms with Crippen LogP contribution in [0.3, 0.4) is 0 Å². The molecule has 0 unspecified atom stereocenters. The molecule has 1 atom stereocenters. The van der Waals surface area contributed by atoms with Gasteiger partial charge in [-0.05, 0) is 24.6 Å². The highest BCUT2D eigenvalue weighted by Crippen LogP contribution is 2.09. The summed E-state index contributed by atoms with van der Waals surface area (Å²) in [4.78, 5) is 0. The van der Waals surface area contributed by atoms with E-state index in [1.54, 1.807) is 6.92 Å². The third-order valence-corrected chi connectivity index (χ3v) is 2.37. The fraction of sp³-hybridized carbons (Fsp3) is 0.500. The van der Waals surface area contributed by atoms with Crippen LogP contribution in [0, 0.1) is 0 Å². The van der Waals surface area contributed by atoms with Crippen LogP contribution in [0.15, 0.2) is 24.3 Å². The molecular weight excluding hydrogens is 224 g/mol. The molecule has 0 aliphatic carbocycles. The van der Waals surface area contributed by atoms with Crippen molar-refractivity contribution in [1.29, 1.82) is 0 Å². The molecule has 1 aromatic rings. The van der Waals surface area contributed by atoms with Gasteiger partial charge in [-0.15, -0.1) is 0 Å². The number of aliphatic hydroxyl groups excluding tert-OH is 1. The summed E-state index contributed by atoms with van der Waals surface area (Å²) in [6, 6.07) is 7.82. The van der Waals surface area contributed by atoms with Crippen molar-refractivity contribution in [1.82, 2.24) is 10.6 Å². The van der Waals surface area contributed by atoms with Crippen molar-refractivity contribution >= 4 is 11.6 Å². The van der Waals surface area contributed by atoms with Crippen molar-refractivity contribution in [2.75, 3.05) is 19.6 Å². The van der Waals surface area contributed by atoms with Gasteiger partial charge in [-0.2, -0.15) is 0 Å². The maximum Gasteiger partial charge on any atom is 0.0636 e. The number of nitrogens with one attached hydrogen (secondary N) is 2. The second-order valence-electron chi connectivity index (χ2n) is 3.86. The molecule has 4 heteroatoms. The second-order valence-corrected chi connectivity index (χ2v) is 4.30. The molecule has 3 nitrogen and oxygen atoms in total. The van der Waals surface area contributed by atoms with E-state index in [9.17, 15) is 0 Å². The van der Waals surface area contributed by atoms with Crippen molar-refractivity contribution in [3.8, 4) is 0 Å². The molecule has 1 rings (SSSR count). The topological polar surface area (TPSA) is 44.3 Å². The quantitative estimate of drug-likeness (QED) is 0.634. The summed E-state index contributed by atoms with van der Waals surface area (Å²) >= 11 is 5.87. The lowest BCUT2D eigenvalue weighted by atomic mass is 10.2. The first kappa shape index (κ1) is 13.5. The fourth-order valence-corrected chi connectivity index (χ4v) is 1.58. The molecule has 0 aromatic heterocycles. The Kier molecular flexibility index (Phi) is 6.42. The maximum atomic E-state index is 9.02. The molecule has 16 heavy (non-hydrogen) atoms. The summed E-state index contributed by atoms with van der Waals surface area (Å²) in [6.45, 7) is 4.95. The summed E-state index contributed by atoms with van der Waals surface area (Å²) in [7, 11) is 0. The van der Waals surface area contributed by atoms with E-state index in [1.807, 2.05) is 24.3 Å². The van der Waals surface area contributed by atoms with E-state index >= 15 is 0 Å². The number of benzene rings is 1. The van der Waals surface area contributed by atoms with E-state index in [0.29, 0.717) is 6.54 Å². The lowest BCUT2D eigenvalue weighted by molar-refractivity contribution is 0.191. The van der Waals surface area contributed by atoms with Gasteiger partial charge in [-0.3, -0.25) is 0 Å². The zero-order chi connectivity index (χ0) is 11.8. The number of rotatable bonds is 7. The Morgan fingerprint density at radius 1 is 1.31 bits per heavy atom. The summed E-state index contributed by atoms with van der Waals surface area (Å²) in [5.41, 5.74) is 1.18. The molecule has 0 fully saturated rings. The van der Waals surface area contributed by atoms with Crippen LogP contribution < -0.4 is 10.6 Å².